The van der Waals surface area contributed by atoms with Crippen LogP contribution in [0.4, 0.5) is 5.69 Å². The summed E-state index contributed by atoms with van der Waals surface area (Å²) in [7, 11) is 0. The van der Waals surface area contributed by atoms with Crippen LogP contribution in [0.25, 0.3) is 10.9 Å². The normalized spacial score (nSPS) is 14.7. The van der Waals surface area contributed by atoms with Gasteiger partial charge in [-0.1, -0.05) is 0 Å². The molecule has 0 bridgehead atoms. The standard InChI is InChI=1S/C22H25N5O3/c1-14(28)26-16-4-7-21(25-13-16)30-17-5-6-20-18(11-17)15(12-24-20)10-19(23)22(29)27-8-2-3-9-27/h4-7,11-13,19,24H,2-3,8-10,23H2,1H3,(H,26,28)/t19-/m0/s1. The fourth-order valence-corrected chi connectivity index (χ4v) is 3.72. The monoisotopic (exact) mass is 407 g/mol. The Balaban J connectivity index is 1.48. The van der Waals surface area contributed by atoms with Crippen molar-refractivity contribution in [1.82, 2.24) is 14.9 Å². The highest BCUT2D eigenvalue weighted by Gasteiger charge is 2.24. The van der Waals surface area contributed by atoms with Gasteiger partial charge in [-0.15, -0.1) is 0 Å². The average Bonchev–Trinajstić information content (AvgIpc) is 3.39. The van der Waals surface area contributed by atoms with E-state index < -0.39 is 6.04 Å². The molecule has 1 aromatic carbocycles. The Morgan fingerprint density at radius 3 is 2.77 bits per heavy atom. The SMILES string of the molecule is CC(=O)Nc1ccc(Oc2ccc3[nH]cc(C[C@H](N)C(=O)N4CCCC4)c3c2)nc1. The van der Waals surface area contributed by atoms with E-state index in [0.717, 1.165) is 42.4 Å². The molecule has 3 heterocycles. The highest BCUT2D eigenvalue weighted by molar-refractivity contribution is 5.88. The molecule has 4 N–H and O–H groups in total. The first-order valence-electron chi connectivity index (χ1n) is 10.1. The summed E-state index contributed by atoms with van der Waals surface area (Å²) in [6.07, 6.45) is 5.99. The molecule has 1 aliphatic rings. The van der Waals surface area contributed by atoms with Crippen LogP contribution in [0.2, 0.25) is 0 Å². The highest BCUT2D eigenvalue weighted by atomic mass is 16.5. The predicted molar refractivity (Wildman–Crippen MR) is 114 cm³/mol. The molecule has 3 aromatic rings. The van der Waals surface area contributed by atoms with Gasteiger partial charge < -0.3 is 25.7 Å². The fraction of sp³-hybridized carbons (Fsp3) is 0.318. The maximum absolute atomic E-state index is 12.5. The van der Waals surface area contributed by atoms with Gasteiger partial charge in [-0.05, 0) is 49.1 Å². The third-order valence-corrected chi connectivity index (χ3v) is 5.19. The van der Waals surface area contributed by atoms with Crippen molar-refractivity contribution < 1.29 is 14.3 Å². The van der Waals surface area contributed by atoms with Crippen molar-refractivity contribution in [3.63, 3.8) is 0 Å². The van der Waals surface area contributed by atoms with Crippen molar-refractivity contribution in [2.45, 2.75) is 32.2 Å². The third kappa shape index (κ3) is 4.44. The Hall–Kier alpha value is -3.39. The van der Waals surface area contributed by atoms with E-state index in [4.69, 9.17) is 10.5 Å². The second-order valence-electron chi connectivity index (χ2n) is 7.53. The lowest BCUT2D eigenvalue weighted by molar-refractivity contribution is -0.131. The number of aromatic nitrogens is 2. The van der Waals surface area contributed by atoms with Gasteiger partial charge in [-0.3, -0.25) is 9.59 Å². The van der Waals surface area contributed by atoms with Gasteiger partial charge in [-0.2, -0.15) is 0 Å². The first-order chi connectivity index (χ1) is 14.5. The second kappa shape index (κ2) is 8.54. The number of carbonyl (C=O) groups is 2. The van der Waals surface area contributed by atoms with Gasteiger partial charge in [0.05, 0.1) is 17.9 Å². The quantitative estimate of drug-likeness (QED) is 0.581. The van der Waals surface area contributed by atoms with E-state index in [1.807, 2.05) is 29.3 Å². The molecule has 0 aliphatic carbocycles. The summed E-state index contributed by atoms with van der Waals surface area (Å²) in [6, 6.07) is 8.55. The Kier molecular flexibility index (Phi) is 5.67. The van der Waals surface area contributed by atoms with Crippen LogP contribution in [-0.4, -0.2) is 45.8 Å². The number of likely N-dealkylation sites (tertiary alicyclic amines) is 1. The smallest absolute Gasteiger partial charge is 0.239 e. The zero-order valence-corrected chi connectivity index (χ0v) is 16.9. The van der Waals surface area contributed by atoms with Gasteiger partial charge in [0.15, 0.2) is 0 Å². The number of hydrogen-bond acceptors (Lipinski definition) is 5. The molecule has 0 spiro atoms. The Morgan fingerprint density at radius 2 is 2.07 bits per heavy atom. The van der Waals surface area contributed by atoms with Gasteiger partial charge in [0.1, 0.15) is 5.75 Å². The summed E-state index contributed by atoms with van der Waals surface area (Å²) in [5.41, 5.74) is 8.75. The lowest BCUT2D eigenvalue weighted by Crippen LogP contribution is -2.43. The van der Waals surface area contributed by atoms with E-state index in [-0.39, 0.29) is 11.8 Å². The van der Waals surface area contributed by atoms with E-state index in [0.29, 0.717) is 23.7 Å². The maximum atomic E-state index is 12.5. The Bertz CT molecular complexity index is 1050. The molecule has 2 amide bonds. The van der Waals surface area contributed by atoms with Crippen molar-refractivity contribution in [3.05, 3.63) is 48.3 Å². The molecule has 0 saturated carbocycles. The number of amides is 2. The zero-order chi connectivity index (χ0) is 21.1. The summed E-state index contributed by atoms with van der Waals surface area (Å²) in [6.45, 7) is 3.04. The Morgan fingerprint density at radius 1 is 1.27 bits per heavy atom. The molecule has 0 radical (unpaired) electrons. The Labute approximate surface area is 174 Å². The number of fused-ring (bicyclic) bond motifs is 1. The van der Waals surface area contributed by atoms with Gasteiger partial charge in [0.2, 0.25) is 17.7 Å². The molecule has 0 unspecified atom stereocenters. The number of pyridine rings is 1. The van der Waals surface area contributed by atoms with Crippen molar-refractivity contribution in [3.8, 4) is 11.6 Å². The zero-order valence-electron chi connectivity index (χ0n) is 16.9. The second-order valence-corrected chi connectivity index (χ2v) is 7.53. The van der Waals surface area contributed by atoms with Gasteiger partial charge in [0, 0.05) is 43.2 Å². The van der Waals surface area contributed by atoms with Crippen molar-refractivity contribution >= 4 is 28.4 Å². The minimum atomic E-state index is -0.560. The highest BCUT2D eigenvalue weighted by Crippen LogP contribution is 2.28. The fourth-order valence-electron chi connectivity index (χ4n) is 3.72. The number of carbonyl (C=O) groups excluding carboxylic acids is 2. The van der Waals surface area contributed by atoms with Crippen molar-refractivity contribution in [1.29, 1.82) is 0 Å². The summed E-state index contributed by atoms with van der Waals surface area (Å²) in [4.78, 5) is 32.9. The number of H-pyrrole nitrogens is 1. The lowest BCUT2D eigenvalue weighted by Gasteiger charge is -2.20. The van der Waals surface area contributed by atoms with Crippen LogP contribution in [0.5, 0.6) is 11.6 Å². The summed E-state index contributed by atoms with van der Waals surface area (Å²) in [5.74, 6) is 0.902. The van der Waals surface area contributed by atoms with Crippen LogP contribution < -0.4 is 15.8 Å². The van der Waals surface area contributed by atoms with E-state index in [9.17, 15) is 9.59 Å². The molecule has 1 atom stereocenters. The minimum absolute atomic E-state index is 0.0118. The van der Waals surface area contributed by atoms with Gasteiger partial charge in [0.25, 0.3) is 0 Å². The topological polar surface area (TPSA) is 113 Å². The number of benzene rings is 1. The van der Waals surface area contributed by atoms with Crippen molar-refractivity contribution in [2.24, 2.45) is 5.73 Å². The number of aromatic amines is 1. The molecule has 1 fully saturated rings. The number of nitrogens with zero attached hydrogens (tertiary/aromatic N) is 2. The van der Waals surface area contributed by atoms with Gasteiger partial charge in [-0.25, -0.2) is 4.98 Å². The molecule has 156 valence electrons. The average molecular weight is 407 g/mol. The lowest BCUT2D eigenvalue weighted by atomic mass is 10.0. The first kappa shape index (κ1) is 19.9. The number of nitrogens with two attached hydrogens (primary N) is 1. The number of ether oxygens (including phenoxy) is 1. The molecule has 1 aliphatic heterocycles. The van der Waals surface area contributed by atoms with E-state index in [2.05, 4.69) is 15.3 Å². The first-order valence-corrected chi connectivity index (χ1v) is 10.1. The molecule has 8 nitrogen and oxygen atoms in total. The molecule has 1 saturated heterocycles. The predicted octanol–water partition coefficient (Wildman–Crippen LogP) is 2.81. The number of hydrogen-bond donors (Lipinski definition) is 3. The van der Waals surface area contributed by atoms with E-state index in [1.54, 1.807) is 18.3 Å². The van der Waals surface area contributed by atoms with E-state index >= 15 is 0 Å². The number of anilines is 1. The van der Waals surface area contributed by atoms with Crippen LogP contribution in [0.3, 0.4) is 0 Å². The molecular formula is C22H25N5O3. The third-order valence-electron chi connectivity index (χ3n) is 5.19. The summed E-state index contributed by atoms with van der Waals surface area (Å²) in [5, 5.41) is 3.63. The van der Waals surface area contributed by atoms with Gasteiger partial charge >= 0.3 is 0 Å². The molecular weight excluding hydrogens is 382 g/mol. The minimum Gasteiger partial charge on any atom is -0.439 e. The summed E-state index contributed by atoms with van der Waals surface area (Å²) < 4.78 is 5.86. The van der Waals surface area contributed by atoms with Crippen molar-refractivity contribution in [2.75, 3.05) is 18.4 Å². The number of rotatable bonds is 6. The van der Waals surface area contributed by atoms with Crippen LogP contribution in [0.1, 0.15) is 25.3 Å². The molecule has 2 aromatic heterocycles. The largest absolute Gasteiger partial charge is 0.439 e. The number of nitrogens with one attached hydrogen (secondary N) is 2. The van der Waals surface area contributed by atoms with Crippen LogP contribution >= 0.6 is 0 Å². The van der Waals surface area contributed by atoms with Crippen LogP contribution in [0, 0.1) is 0 Å². The summed E-state index contributed by atoms with van der Waals surface area (Å²) >= 11 is 0. The van der Waals surface area contributed by atoms with E-state index in [1.165, 1.54) is 6.92 Å². The maximum Gasteiger partial charge on any atom is 0.239 e. The molecule has 4 rings (SSSR count). The molecule has 8 heteroatoms. The van der Waals surface area contributed by atoms with Crippen LogP contribution in [0.15, 0.2) is 42.7 Å². The van der Waals surface area contributed by atoms with Crippen LogP contribution in [-0.2, 0) is 16.0 Å². The molecule has 30 heavy (non-hydrogen) atoms.